The number of nitrogens with zero attached hydrogens (tertiary/aromatic N) is 1. The lowest BCUT2D eigenvalue weighted by molar-refractivity contribution is -0.136. The van der Waals surface area contributed by atoms with Crippen LogP contribution in [0, 0.1) is 25.7 Å². The van der Waals surface area contributed by atoms with Gasteiger partial charge in [-0.15, -0.1) is 0 Å². The van der Waals surface area contributed by atoms with Gasteiger partial charge in [-0.25, -0.2) is 0 Å². The third kappa shape index (κ3) is 2.59. The molecule has 6 heteroatoms. The lowest BCUT2D eigenvalue weighted by atomic mass is 9.76. The van der Waals surface area contributed by atoms with E-state index in [9.17, 15) is 9.59 Å². The molecule has 2 fully saturated rings. The molecule has 6 nitrogen and oxygen atoms in total. The highest BCUT2D eigenvalue weighted by atomic mass is 16.5. The minimum Gasteiger partial charge on any atom is -0.467 e. The second kappa shape index (κ2) is 6.07. The number of aryl methyl sites for hydroxylation is 2. The fourth-order valence-corrected chi connectivity index (χ4v) is 4.87. The van der Waals surface area contributed by atoms with Crippen molar-refractivity contribution in [3.05, 3.63) is 65.6 Å². The van der Waals surface area contributed by atoms with Crippen LogP contribution >= 0.6 is 0 Å². The average molecular weight is 378 g/mol. The number of benzene rings is 1. The summed E-state index contributed by atoms with van der Waals surface area (Å²) in [6.45, 7) is 4.82. The van der Waals surface area contributed by atoms with Crippen LogP contribution < -0.4 is 5.32 Å². The van der Waals surface area contributed by atoms with Crippen molar-refractivity contribution in [2.45, 2.75) is 32.1 Å². The van der Waals surface area contributed by atoms with Crippen molar-refractivity contribution >= 4 is 17.5 Å². The van der Waals surface area contributed by atoms with Crippen molar-refractivity contribution in [3.8, 4) is 0 Å². The molecule has 144 valence electrons. The van der Waals surface area contributed by atoms with Gasteiger partial charge in [0.1, 0.15) is 11.4 Å². The number of nitrogens with one attached hydrogen (secondary N) is 1. The molecule has 0 radical (unpaired) electrons. The number of carbonyl (C=O) groups excluding carboxylic acids is 2. The molecule has 2 aromatic rings. The molecule has 0 aliphatic carbocycles. The maximum absolute atomic E-state index is 13.2. The molecule has 1 N–H and O–H groups in total. The van der Waals surface area contributed by atoms with E-state index in [1.165, 1.54) is 0 Å². The molecule has 1 spiro atoms. The fourth-order valence-electron chi connectivity index (χ4n) is 4.87. The lowest BCUT2D eigenvalue weighted by Gasteiger charge is -2.23. The number of rotatable bonds is 4. The van der Waals surface area contributed by atoms with Gasteiger partial charge in [-0.2, -0.15) is 0 Å². The molecule has 4 atom stereocenters. The Morgan fingerprint density at radius 1 is 1.29 bits per heavy atom. The number of furan rings is 1. The highest BCUT2D eigenvalue weighted by Crippen LogP contribution is 2.52. The first-order valence-electron chi connectivity index (χ1n) is 9.53. The van der Waals surface area contributed by atoms with Crippen molar-refractivity contribution in [2.24, 2.45) is 11.8 Å². The number of anilines is 1. The first-order valence-corrected chi connectivity index (χ1v) is 9.53. The van der Waals surface area contributed by atoms with Gasteiger partial charge in [0.05, 0.1) is 37.3 Å². The third-order valence-electron chi connectivity index (χ3n) is 5.90. The molecule has 5 rings (SSSR count). The van der Waals surface area contributed by atoms with Gasteiger partial charge in [-0.05, 0) is 49.2 Å². The number of hydrogen-bond acceptors (Lipinski definition) is 4. The van der Waals surface area contributed by atoms with Gasteiger partial charge in [0.25, 0.3) is 0 Å². The number of hydrogen-bond donors (Lipinski definition) is 1. The normalized spacial score (nSPS) is 30.1. The van der Waals surface area contributed by atoms with Gasteiger partial charge in [-0.3, -0.25) is 9.59 Å². The number of fused-ring (bicyclic) bond motifs is 1. The number of amides is 2. The molecule has 1 aromatic carbocycles. The largest absolute Gasteiger partial charge is 0.467 e. The van der Waals surface area contributed by atoms with E-state index in [2.05, 4.69) is 11.4 Å². The standard InChI is InChI=1S/C22H22N2O4/c1-13-8-14(2)10-15(9-13)23-20(25)18-17-5-6-22(28-17)12-24(21(26)19(18)22)11-16-4-3-7-27-16/h3-10,17-19H,11-12H2,1-2H3,(H,23,25)/t17-,18+,19+,22+/m1/s1. The zero-order chi connectivity index (χ0) is 19.5. The molecule has 2 amide bonds. The van der Waals surface area contributed by atoms with Crippen LogP contribution in [0.15, 0.2) is 53.2 Å². The number of ether oxygens (including phenoxy) is 1. The quantitative estimate of drug-likeness (QED) is 0.831. The highest BCUT2D eigenvalue weighted by Gasteiger charge is 2.66. The van der Waals surface area contributed by atoms with Crippen LogP contribution in [-0.4, -0.2) is 35.0 Å². The molecule has 1 aromatic heterocycles. The Labute approximate surface area is 163 Å². The van der Waals surface area contributed by atoms with E-state index in [-0.39, 0.29) is 17.9 Å². The average Bonchev–Trinajstić information content (AvgIpc) is 3.37. The van der Waals surface area contributed by atoms with Crippen LogP contribution in [0.25, 0.3) is 0 Å². The van der Waals surface area contributed by atoms with E-state index in [0.717, 1.165) is 22.6 Å². The predicted octanol–water partition coefficient (Wildman–Crippen LogP) is 2.82. The molecule has 0 unspecified atom stereocenters. The highest BCUT2D eigenvalue weighted by molar-refractivity contribution is 5.99. The van der Waals surface area contributed by atoms with Crippen LogP contribution in [0.1, 0.15) is 16.9 Å². The Balaban J connectivity index is 1.39. The van der Waals surface area contributed by atoms with Crippen LogP contribution in [-0.2, 0) is 20.9 Å². The summed E-state index contributed by atoms with van der Waals surface area (Å²) in [7, 11) is 0. The predicted molar refractivity (Wildman–Crippen MR) is 102 cm³/mol. The zero-order valence-corrected chi connectivity index (χ0v) is 15.8. The Bertz CT molecular complexity index is 960. The Morgan fingerprint density at radius 3 is 2.79 bits per heavy atom. The van der Waals surface area contributed by atoms with Gasteiger partial charge in [0.15, 0.2) is 0 Å². The molecule has 4 heterocycles. The molecule has 3 aliphatic heterocycles. The molecular weight excluding hydrogens is 356 g/mol. The van der Waals surface area contributed by atoms with Gasteiger partial charge in [0, 0.05) is 5.69 Å². The van der Waals surface area contributed by atoms with Crippen molar-refractivity contribution in [1.29, 1.82) is 0 Å². The minimum absolute atomic E-state index is 0.0520. The first-order chi connectivity index (χ1) is 13.4. The third-order valence-corrected chi connectivity index (χ3v) is 5.90. The van der Waals surface area contributed by atoms with E-state index < -0.39 is 17.4 Å². The van der Waals surface area contributed by atoms with E-state index in [1.807, 2.05) is 44.2 Å². The molecule has 2 saturated heterocycles. The minimum atomic E-state index is -0.709. The van der Waals surface area contributed by atoms with Crippen LogP contribution in [0.3, 0.4) is 0 Å². The van der Waals surface area contributed by atoms with Gasteiger partial charge in [0.2, 0.25) is 11.8 Å². The van der Waals surface area contributed by atoms with Gasteiger partial charge < -0.3 is 19.4 Å². The summed E-state index contributed by atoms with van der Waals surface area (Å²) in [4.78, 5) is 28.0. The van der Waals surface area contributed by atoms with Crippen molar-refractivity contribution in [1.82, 2.24) is 4.90 Å². The summed E-state index contributed by atoms with van der Waals surface area (Å²) in [6.07, 6.45) is 5.12. The number of carbonyl (C=O) groups is 2. The first kappa shape index (κ1) is 17.3. The fraction of sp³-hybridized carbons (Fsp3) is 0.364. The van der Waals surface area contributed by atoms with Crippen molar-refractivity contribution in [2.75, 3.05) is 11.9 Å². The van der Waals surface area contributed by atoms with E-state index >= 15 is 0 Å². The van der Waals surface area contributed by atoms with E-state index in [4.69, 9.17) is 9.15 Å². The molecule has 2 bridgehead atoms. The van der Waals surface area contributed by atoms with Gasteiger partial charge >= 0.3 is 0 Å². The Kier molecular flexibility index (Phi) is 3.74. The van der Waals surface area contributed by atoms with Crippen LogP contribution in [0.2, 0.25) is 0 Å². The van der Waals surface area contributed by atoms with Crippen LogP contribution in [0.4, 0.5) is 5.69 Å². The SMILES string of the molecule is Cc1cc(C)cc(NC(=O)[C@@H]2[C@H]3C(=O)N(Cc4ccco4)C[C@@]34C=C[C@H]2O4)c1. The summed E-state index contributed by atoms with van der Waals surface area (Å²) in [5.74, 6) is -0.522. The second-order valence-electron chi connectivity index (χ2n) is 8.04. The summed E-state index contributed by atoms with van der Waals surface area (Å²) < 4.78 is 11.5. The summed E-state index contributed by atoms with van der Waals surface area (Å²) >= 11 is 0. The van der Waals surface area contributed by atoms with Crippen LogP contribution in [0.5, 0.6) is 0 Å². The molecule has 0 saturated carbocycles. The van der Waals surface area contributed by atoms with Crippen molar-refractivity contribution < 1.29 is 18.7 Å². The summed E-state index contributed by atoms with van der Waals surface area (Å²) in [5.41, 5.74) is 2.20. The Morgan fingerprint density at radius 2 is 2.07 bits per heavy atom. The summed E-state index contributed by atoms with van der Waals surface area (Å²) in [5, 5.41) is 3.00. The van der Waals surface area contributed by atoms with E-state index in [1.54, 1.807) is 17.2 Å². The maximum Gasteiger partial charge on any atom is 0.231 e. The smallest absolute Gasteiger partial charge is 0.231 e. The second-order valence-corrected chi connectivity index (χ2v) is 8.04. The Hall–Kier alpha value is -2.86. The maximum atomic E-state index is 13.2. The topological polar surface area (TPSA) is 71.8 Å². The van der Waals surface area contributed by atoms with Gasteiger partial charge in [-0.1, -0.05) is 18.2 Å². The summed E-state index contributed by atoms with van der Waals surface area (Å²) in [6, 6.07) is 9.57. The molecule has 3 aliphatic rings. The molecular formula is C22H22N2O4. The number of likely N-dealkylation sites (tertiary alicyclic amines) is 1. The lowest BCUT2D eigenvalue weighted by Crippen LogP contribution is -2.41. The van der Waals surface area contributed by atoms with E-state index in [0.29, 0.717) is 13.1 Å². The van der Waals surface area contributed by atoms with Crippen molar-refractivity contribution in [3.63, 3.8) is 0 Å². The molecule has 28 heavy (non-hydrogen) atoms. The monoisotopic (exact) mass is 378 g/mol. The zero-order valence-electron chi connectivity index (χ0n) is 15.8.